The van der Waals surface area contributed by atoms with Gasteiger partial charge in [-0.1, -0.05) is 25.5 Å². The first-order valence-electron chi connectivity index (χ1n) is 7.58. The Kier molecular flexibility index (Phi) is 5.39. The lowest BCUT2D eigenvalue weighted by atomic mass is 10.0. The summed E-state index contributed by atoms with van der Waals surface area (Å²) in [7, 11) is -2.91. The maximum atomic E-state index is 11.9. The summed E-state index contributed by atoms with van der Waals surface area (Å²) in [6.07, 6.45) is 4.29. The summed E-state index contributed by atoms with van der Waals surface area (Å²) in [5.41, 5.74) is 2.05. The number of carbonyl (C=O) groups is 1. The van der Waals surface area contributed by atoms with Gasteiger partial charge in [0.05, 0.1) is 11.5 Å². The minimum absolute atomic E-state index is 0.0289. The molecule has 4 nitrogen and oxygen atoms in total. The maximum Gasteiger partial charge on any atom is 0.224 e. The molecule has 5 heteroatoms. The van der Waals surface area contributed by atoms with Crippen molar-refractivity contribution in [1.82, 2.24) is 0 Å². The fraction of sp³-hybridized carbons (Fsp3) is 0.562. The first-order chi connectivity index (χ1) is 9.98. The summed E-state index contributed by atoms with van der Waals surface area (Å²) in [5, 5.41) is 2.85. The Morgan fingerprint density at radius 3 is 2.57 bits per heavy atom. The SMILES string of the molecule is CCCCc1ccc(NC(=O)CC2CCS(=O)(=O)C2)cc1. The average molecular weight is 309 g/mol. The first kappa shape index (κ1) is 16.0. The molecule has 1 fully saturated rings. The molecule has 1 atom stereocenters. The van der Waals surface area contributed by atoms with E-state index in [2.05, 4.69) is 12.2 Å². The van der Waals surface area contributed by atoms with E-state index in [0.717, 1.165) is 12.1 Å². The van der Waals surface area contributed by atoms with Crippen molar-refractivity contribution in [3.63, 3.8) is 0 Å². The lowest BCUT2D eigenvalue weighted by molar-refractivity contribution is -0.116. The van der Waals surface area contributed by atoms with Crippen molar-refractivity contribution in [2.24, 2.45) is 5.92 Å². The molecule has 1 aromatic rings. The number of anilines is 1. The van der Waals surface area contributed by atoms with Crippen molar-refractivity contribution in [2.45, 2.75) is 39.0 Å². The zero-order valence-electron chi connectivity index (χ0n) is 12.5. The van der Waals surface area contributed by atoms with Gasteiger partial charge in [0.15, 0.2) is 9.84 Å². The fourth-order valence-corrected chi connectivity index (χ4v) is 4.50. The molecule has 1 amide bonds. The second-order valence-corrected chi connectivity index (χ2v) is 8.05. The van der Waals surface area contributed by atoms with E-state index in [0.29, 0.717) is 6.42 Å². The minimum atomic E-state index is -2.91. The molecule has 0 aromatic heterocycles. The van der Waals surface area contributed by atoms with E-state index in [4.69, 9.17) is 0 Å². The molecule has 1 saturated heterocycles. The molecule has 21 heavy (non-hydrogen) atoms. The number of amides is 1. The van der Waals surface area contributed by atoms with Crippen LogP contribution >= 0.6 is 0 Å². The van der Waals surface area contributed by atoms with Crippen LogP contribution in [-0.4, -0.2) is 25.8 Å². The quantitative estimate of drug-likeness (QED) is 0.879. The number of benzene rings is 1. The molecule has 2 rings (SSSR count). The van der Waals surface area contributed by atoms with E-state index in [1.807, 2.05) is 24.3 Å². The summed E-state index contributed by atoms with van der Waals surface area (Å²) < 4.78 is 22.7. The number of carbonyl (C=O) groups excluding carboxylic acids is 1. The van der Waals surface area contributed by atoms with Crippen molar-refractivity contribution < 1.29 is 13.2 Å². The molecule has 0 radical (unpaired) electrons. The summed E-state index contributed by atoms with van der Waals surface area (Å²) in [5.74, 6) is 0.241. The molecule has 1 aliphatic heterocycles. The highest BCUT2D eigenvalue weighted by Gasteiger charge is 2.29. The Morgan fingerprint density at radius 2 is 2.00 bits per heavy atom. The van der Waals surface area contributed by atoms with Gasteiger partial charge < -0.3 is 5.32 Å². The van der Waals surface area contributed by atoms with Crippen molar-refractivity contribution >= 4 is 21.4 Å². The summed E-state index contributed by atoms with van der Waals surface area (Å²) in [6, 6.07) is 7.89. The Labute approximate surface area is 126 Å². The Morgan fingerprint density at radius 1 is 1.29 bits per heavy atom. The number of hydrogen-bond donors (Lipinski definition) is 1. The molecule has 1 aliphatic rings. The Balaban J connectivity index is 1.82. The van der Waals surface area contributed by atoms with Gasteiger partial charge in [-0.2, -0.15) is 0 Å². The molecule has 116 valence electrons. The van der Waals surface area contributed by atoms with Crippen LogP contribution < -0.4 is 5.32 Å². The van der Waals surface area contributed by atoms with Crippen LogP contribution in [0.3, 0.4) is 0 Å². The smallest absolute Gasteiger partial charge is 0.224 e. The maximum absolute atomic E-state index is 11.9. The van der Waals surface area contributed by atoms with Crippen molar-refractivity contribution in [2.75, 3.05) is 16.8 Å². The van der Waals surface area contributed by atoms with Crippen LogP contribution in [0.5, 0.6) is 0 Å². The largest absolute Gasteiger partial charge is 0.326 e. The fourth-order valence-electron chi connectivity index (χ4n) is 2.64. The first-order valence-corrected chi connectivity index (χ1v) is 9.40. The zero-order chi connectivity index (χ0) is 15.3. The van der Waals surface area contributed by atoms with E-state index in [1.54, 1.807) is 0 Å². The van der Waals surface area contributed by atoms with E-state index >= 15 is 0 Å². The number of sulfone groups is 1. The summed E-state index contributed by atoms with van der Waals surface area (Å²) >= 11 is 0. The van der Waals surface area contributed by atoms with Gasteiger partial charge in [0.25, 0.3) is 0 Å². The molecule has 0 spiro atoms. The molecule has 1 N–H and O–H groups in total. The Bertz CT molecular complexity index is 578. The molecule has 0 aliphatic carbocycles. The van der Waals surface area contributed by atoms with Crippen LogP contribution in [-0.2, 0) is 21.1 Å². The standard InChI is InChI=1S/C16H23NO3S/c1-2-3-4-13-5-7-15(8-6-13)17-16(18)11-14-9-10-21(19,20)12-14/h5-8,14H,2-4,9-12H2,1H3,(H,17,18). The van der Waals surface area contributed by atoms with E-state index in [-0.39, 0.29) is 29.8 Å². The molecular formula is C16H23NO3S. The van der Waals surface area contributed by atoms with Gasteiger partial charge >= 0.3 is 0 Å². The van der Waals surface area contributed by atoms with Gasteiger partial charge in [-0.25, -0.2) is 8.42 Å². The number of aryl methyl sites for hydroxylation is 1. The van der Waals surface area contributed by atoms with Crippen LogP contribution in [0.15, 0.2) is 24.3 Å². The lowest BCUT2D eigenvalue weighted by Crippen LogP contribution is -2.17. The molecule has 1 aromatic carbocycles. The van der Waals surface area contributed by atoms with Gasteiger partial charge in [0, 0.05) is 12.1 Å². The second kappa shape index (κ2) is 7.07. The Hall–Kier alpha value is -1.36. The summed E-state index contributed by atoms with van der Waals surface area (Å²) in [6.45, 7) is 2.16. The monoisotopic (exact) mass is 309 g/mol. The predicted molar refractivity (Wildman–Crippen MR) is 85.1 cm³/mol. The highest BCUT2D eigenvalue weighted by Crippen LogP contribution is 2.22. The average Bonchev–Trinajstić information content (AvgIpc) is 2.77. The number of unbranched alkanes of at least 4 members (excludes halogenated alkanes) is 1. The number of nitrogens with one attached hydrogen (secondary N) is 1. The summed E-state index contributed by atoms with van der Waals surface area (Å²) in [4.78, 5) is 11.9. The van der Waals surface area contributed by atoms with Crippen LogP contribution in [0.1, 0.15) is 38.2 Å². The van der Waals surface area contributed by atoms with Crippen LogP contribution in [0, 0.1) is 5.92 Å². The third-order valence-electron chi connectivity index (χ3n) is 3.86. The molecule has 1 heterocycles. The second-order valence-electron chi connectivity index (χ2n) is 5.82. The molecule has 1 unspecified atom stereocenters. The third-order valence-corrected chi connectivity index (χ3v) is 5.69. The highest BCUT2D eigenvalue weighted by molar-refractivity contribution is 7.91. The van der Waals surface area contributed by atoms with Crippen molar-refractivity contribution in [3.05, 3.63) is 29.8 Å². The van der Waals surface area contributed by atoms with Gasteiger partial charge in [-0.15, -0.1) is 0 Å². The van der Waals surface area contributed by atoms with E-state index in [9.17, 15) is 13.2 Å². The topological polar surface area (TPSA) is 63.2 Å². The molecule has 0 bridgehead atoms. The zero-order valence-corrected chi connectivity index (χ0v) is 13.3. The number of rotatable bonds is 6. The van der Waals surface area contributed by atoms with Crippen molar-refractivity contribution in [3.8, 4) is 0 Å². The van der Waals surface area contributed by atoms with Gasteiger partial charge in [0.1, 0.15) is 0 Å². The van der Waals surface area contributed by atoms with E-state index in [1.165, 1.54) is 18.4 Å². The minimum Gasteiger partial charge on any atom is -0.326 e. The van der Waals surface area contributed by atoms with Crippen LogP contribution in [0.2, 0.25) is 0 Å². The van der Waals surface area contributed by atoms with E-state index < -0.39 is 9.84 Å². The highest BCUT2D eigenvalue weighted by atomic mass is 32.2. The van der Waals surface area contributed by atoms with Crippen LogP contribution in [0.25, 0.3) is 0 Å². The number of hydrogen-bond acceptors (Lipinski definition) is 3. The lowest BCUT2D eigenvalue weighted by Gasteiger charge is -2.09. The molecular weight excluding hydrogens is 286 g/mol. The predicted octanol–water partition coefficient (Wildman–Crippen LogP) is 2.79. The van der Waals surface area contributed by atoms with Gasteiger partial charge in [0.2, 0.25) is 5.91 Å². The molecule has 0 saturated carbocycles. The van der Waals surface area contributed by atoms with Crippen LogP contribution in [0.4, 0.5) is 5.69 Å². The van der Waals surface area contributed by atoms with Gasteiger partial charge in [-0.05, 0) is 42.9 Å². The van der Waals surface area contributed by atoms with Gasteiger partial charge in [-0.3, -0.25) is 4.79 Å². The normalized spacial score (nSPS) is 20.3. The third kappa shape index (κ3) is 5.16. The van der Waals surface area contributed by atoms with Crippen molar-refractivity contribution in [1.29, 1.82) is 0 Å².